The average Bonchev–Trinajstić information content (AvgIpc) is 2.89. The van der Waals surface area contributed by atoms with E-state index in [2.05, 4.69) is 90.8 Å². The number of hydrogen-bond donors (Lipinski definition) is 3. The minimum Gasteiger partial charge on any atom is -0.358 e. The fourth-order valence-corrected chi connectivity index (χ4v) is 5.53. The number of piperazine rings is 1. The van der Waals surface area contributed by atoms with Crippen molar-refractivity contribution >= 4 is 10.9 Å². The molecule has 0 unspecified atom stereocenters. The zero-order valence-electron chi connectivity index (χ0n) is 20.2. The van der Waals surface area contributed by atoms with Crippen LogP contribution in [0.2, 0.25) is 0 Å². The molecule has 1 aliphatic rings. The van der Waals surface area contributed by atoms with Crippen LogP contribution < -0.4 is 15.2 Å². The maximum absolute atomic E-state index is 13.4. The first-order chi connectivity index (χ1) is 16.6. The summed E-state index contributed by atoms with van der Waals surface area (Å²) in [6.07, 6.45) is 0.943. The fourth-order valence-electron chi connectivity index (χ4n) is 5.53. The number of benzene rings is 3. The summed E-state index contributed by atoms with van der Waals surface area (Å²) in [4.78, 5) is 20.0. The summed E-state index contributed by atoms with van der Waals surface area (Å²) in [6, 6.07) is 28.4. The lowest BCUT2D eigenvalue weighted by Gasteiger charge is -2.35. The van der Waals surface area contributed by atoms with Crippen LogP contribution in [0.15, 0.2) is 83.7 Å². The summed E-state index contributed by atoms with van der Waals surface area (Å²) in [5.41, 5.74) is 7.07. The van der Waals surface area contributed by atoms with Crippen LogP contribution in [0.5, 0.6) is 0 Å². The summed E-state index contributed by atoms with van der Waals surface area (Å²) in [6.45, 7) is 9.29. The van der Waals surface area contributed by atoms with Crippen molar-refractivity contribution in [1.29, 1.82) is 0 Å². The number of fused-ring (bicyclic) bond motifs is 1. The summed E-state index contributed by atoms with van der Waals surface area (Å²) in [5, 5.41) is 0.830. The Morgan fingerprint density at radius 2 is 1.47 bits per heavy atom. The number of aromatic nitrogens is 1. The summed E-state index contributed by atoms with van der Waals surface area (Å²) < 4.78 is 0. The van der Waals surface area contributed by atoms with Gasteiger partial charge in [-0.2, -0.15) is 0 Å². The molecular formula is C30H35N3O+2. The highest BCUT2D eigenvalue weighted by Crippen LogP contribution is 2.19. The van der Waals surface area contributed by atoms with E-state index in [1.165, 1.54) is 21.6 Å². The van der Waals surface area contributed by atoms with Crippen LogP contribution in [-0.4, -0.2) is 31.2 Å². The highest BCUT2D eigenvalue weighted by Gasteiger charge is 2.32. The topological polar surface area (TPSA) is 41.7 Å². The molecule has 0 radical (unpaired) electrons. The van der Waals surface area contributed by atoms with E-state index < -0.39 is 0 Å². The van der Waals surface area contributed by atoms with Crippen LogP contribution >= 0.6 is 0 Å². The standard InChI is InChI=1S/C30H33N3O/c1-3-23-14-15-28-26(20-23)30(34)27(22(2)31-28)21-32-16-18-33(19-17-32)29(24-10-6-4-7-11-24)25-12-8-5-9-13-25/h4-15,20,29H,3,16-19,21H2,1-2H3,(H,31,34)/p+2. The quantitative estimate of drug-likeness (QED) is 0.413. The number of rotatable bonds is 6. The maximum atomic E-state index is 13.4. The Kier molecular flexibility index (Phi) is 6.61. The van der Waals surface area contributed by atoms with Crippen molar-refractivity contribution in [2.45, 2.75) is 32.9 Å². The van der Waals surface area contributed by atoms with Crippen LogP contribution in [0.3, 0.4) is 0 Å². The van der Waals surface area contributed by atoms with E-state index in [4.69, 9.17) is 0 Å². The molecule has 0 saturated carbocycles. The molecule has 5 rings (SSSR count). The molecule has 1 aromatic heterocycles. The zero-order chi connectivity index (χ0) is 23.5. The van der Waals surface area contributed by atoms with Crippen LogP contribution in [0.4, 0.5) is 0 Å². The number of aromatic amines is 1. The SMILES string of the molecule is CCc1ccc2[nH]c(C)c(C[NH+]3CC[NH+](C(c4ccccc4)c4ccccc4)CC3)c(=O)c2c1. The lowest BCUT2D eigenvalue weighted by Crippen LogP contribution is -3.27. The smallest absolute Gasteiger partial charge is 0.198 e. The van der Waals surface area contributed by atoms with Crippen molar-refractivity contribution in [3.8, 4) is 0 Å². The predicted octanol–water partition coefficient (Wildman–Crippen LogP) is 2.47. The first-order valence-corrected chi connectivity index (χ1v) is 12.6. The molecule has 1 fully saturated rings. The van der Waals surface area contributed by atoms with Gasteiger partial charge in [-0.25, -0.2) is 0 Å². The van der Waals surface area contributed by atoms with E-state index in [-0.39, 0.29) is 5.43 Å². The van der Waals surface area contributed by atoms with Crippen LogP contribution in [0.25, 0.3) is 10.9 Å². The van der Waals surface area contributed by atoms with E-state index in [0.717, 1.165) is 61.3 Å². The summed E-state index contributed by atoms with van der Waals surface area (Å²) in [5.74, 6) is 0. The number of quaternary nitrogens is 2. The summed E-state index contributed by atoms with van der Waals surface area (Å²) >= 11 is 0. The van der Waals surface area contributed by atoms with Crippen molar-refractivity contribution in [2.24, 2.45) is 0 Å². The molecule has 0 atom stereocenters. The van der Waals surface area contributed by atoms with Gasteiger partial charge in [-0.1, -0.05) is 73.7 Å². The third-order valence-corrected chi connectivity index (χ3v) is 7.49. The second-order valence-electron chi connectivity index (χ2n) is 9.63. The predicted molar refractivity (Wildman–Crippen MR) is 139 cm³/mol. The van der Waals surface area contributed by atoms with E-state index >= 15 is 0 Å². The van der Waals surface area contributed by atoms with E-state index in [0.29, 0.717) is 6.04 Å². The Bertz CT molecular complexity index is 1270. The van der Waals surface area contributed by atoms with Crippen molar-refractivity contribution in [2.75, 3.05) is 26.2 Å². The molecule has 3 N–H and O–H groups in total. The molecule has 2 heterocycles. The van der Waals surface area contributed by atoms with Gasteiger partial charge in [0.2, 0.25) is 0 Å². The number of H-pyrrole nitrogens is 1. The summed E-state index contributed by atoms with van der Waals surface area (Å²) in [7, 11) is 0. The minimum absolute atomic E-state index is 0.204. The second-order valence-corrected chi connectivity index (χ2v) is 9.63. The van der Waals surface area contributed by atoms with Gasteiger partial charge in [-0.15, -0.1) is 0 Å². The number of aryl methyl sites for hydroxylation is 2. The van der Waals surface area contributed by atoms with E-state index in [1.54, 1.807) is 4.90 Å². The van der Waals surface area contributed by atoms with Gasteiger partial charge < -0.3 is 14.8 Å². The van der Waals surface area contributed by atoms with Gasteiger partial charge in [0.15, 0.2) is 5.43 Å². The van der Waals surface area contributed by atoms with Crippen molar-refractivity contribution in [3.63, 3.8) is 0 Å². The third kappa shape index (κ3) is 4.56. The molecule has 1 aliphatic heterocycles. The first-order valence-electron chi connectivity index (χ1n) is 12.6. The number of nitrogens with one attached hydrogen (secondary N) is 3. The molecule has 1 saturated heterocycles. The van der Waals surface area contributed by atoms with Gasteiger partial charge in [0.25, 0.3) is 0 Å². The number of hydrogen-bond acceptors (Lipinski definition) is 1. The van der Waals surface area contributed by atoms with E-state index in [1.807, 2.05) is 6.92 Å². The fraction of sp³-hybridized carbons (Fsp3) is 0.300. The molecule has 0 bridgehead atoms. The van der Waals surface area contributed by atoms with Crippen molar-refractivity contribution in [1.82, 2.24) is 4.98 Å². The van der Waals surface area contributed by atoms with Gasteiger partial charge >= 0.3 is 0 Å². The Morgan fingerprint density at radius 3 is 2.06 bits per heavy atom. The largest absolute Gasteiger partial charge is 0.358 e. The second kappa shape index (κ2) is 9.96. The molecule has 0 spiro atoms. The van der Waals surface area contributed by atoms with Gasteiger partial charge in [0, 0.05) is 27.7 Å². The molecule has 3 aromatic carbocycles. The Hall–Kier alpha value is -3.21. The van der Waals surface area contributed by atoms with Gasteiger partial charge in [0.05, 0.1) is 5.56 Å². The molecule has 0 amide bonds. The van der Waals surface area contributed by atoms with Crippen molar-refractivity contribution in [3.05, 3.63) is 117 Å². The average molecular weight is 454 g/mol. The Labute approximate surface area is 201 Å². The normalized spacial score (nSPS) is 18.4. The molecule has 4 aromatic rings. The Balaban J connectivity index is 1.35. The molecule has 34 heavy (non-hydrogen) atoms. The zero-order valence-corrected chi connectivity index (χ0v) is 20.2. The van der Waals surface area contributed by atoms with Crippen LogP contribution in [0.1, 0.15) is 40.9 Å². The maximum Gasteiger partial charge on any atom is 0.198 e. The van der Waals surface area contributed by atoms with Crippen LogP contribution in [-0.2, 0) is 13.0 Å². The Morgan fingerprint density at radius 1 is 0.853 bits per heavy atom. The highest BCUT2D eigenvalue weighted by atomic mass is 16.1. The number of pyridine rings is 1. The lowest BCUT2D eigenvalue weighted by atomic mass is 9.96. The van der Waals surface area contributed by atoms with Gasteiger partial charge in [-0.3, -0.25) is 4.79 Å². The third-order valence-electron chi connectivity index (χ3n) is 7.49. The van der Waals surface area contributed by atoms with Gasteiger partial charge in [-0.05, 0) is 31.0 Å². The highest BCUT2D eigenvalue weighted by molar-refractivity contribution is 5.80. The molecule has 174 valence electrons. The molecule has 4 nitrogen and oxygen atoms in total. The molecular weight excluding hydrogens is 418 g/mol. The monoisotopic (exact) mass is 453 g/mol. The van der Waals surface area contributed by atoms with Crippen LogP contribution in [0, 0.1) is 6.92 Å². The minimum atomic E-state index is 0.204. The lowest BCUT2D eigenvalue weighted by molar-refractivity contribution is -1.03. The van der Waals surface area contributed by atoms with E-state index in [9.17, 15) is 4.79 Å². The first kappa shape index (κ1) is 22.6. The molecule has 0 aliphatic carbocycles. The van der Waals surface area contributed by atoms with Gasteiger partial charge in [0.1, 0.15) is 38.8 Å². The van der Waals surface area contributed by atoms with Crippen molar-refractivity contribution < 1.29 is 9.80 Å². The molecule has 4 heteroatoms.